The molecule has 3 aromatic rings. The monoisotopic (exact) mass is 463 g/mol. The van der Waals surface area contributed by atoms with Gasteiger partial charge in [-0.3, -0.25) is 9.78 Å². The molecule has 2 aliphatic rings. The first-order chi connectivity index (χ1) is 16.1. The Bertz CT molecular complexity index is 1160. The van der Waals surface area contributed by atoms with Gasteiger partial charge in [0.05, 0.1) is 18.1 Å². The van der Waals surface area contributed by atoms with Gasteiger partial charge in [-0.25, -0.2) is 4.98 Å². The SMILES string of the molecule is O=C(C[C@H]1CCCNC1)Nc1ccc2cc1CCc1cncc(c1)Nc1ncc(Cl)c(n1)N2. The van der Waals surface area contributed by atoms with Crippen LogP contribution in [0.5, 0.6) is 0 Å². The average molecular weight is 464 g/mol. The van der Waals surface area contributed by atoms with Crippen LogP contribution in [0.15, 0.2) is 42.9 Å². The summed E-state index contributed by atoms with van der Waals surface area (Å²) in [6.07, 6.45) is 9.43. The molecular weight excluding hydrogens is 438 g/mol. The zero-order chi connectivity index (χ0) is 22.6. The van der Waals surface area contributed by atoms with Gasteiger partial charge in [0, 0.05) is 24.0 Å². The molecule has 4 heterocycles. The molecule has 0 saturated carbocycles. The molecule has 0 aliphatic carbocycles. The van der Waals surface area contributed by atoms with Gasteiger partial charge in [0.25, 0.3) is 0 Å². The van der Waals surface area contributed by atoms with Crippen molar-refractivity contribution in [2.45, 2.75) is 32.1 Å². The van der Waals surface area contributed by atoms with Crippen molar-refractivity contribution < 1.29 is 4.79 Å². The van der Waals surface area contributed by atoms with Gasteiger partial charge in [0.2, 0.25) is 11.9 Å². The maximum Gasteiger partial charge on any atom is 0.229 e. The van der Waals surface area contributed by atoms with E-state index in [1.807, 2.05) is 30.5 Å². The van der Waals surface area contributed by atoms with E-state index in [-0.39, 0.29) is 5.91 Å². The number of piperidine rings is 1. The quantitative estimate of drug-likeness (QED) is 0.455. The Morgan fingerprint density at radius 3 is 2.94 bits per heavy atom. The lowest BCUT2D eigenvalue weighted by atomic mass is 9.95. The Labute approximate surface area is 197 Å². The first-order valence-corrected chi connectivity index (χ1v) is 11.6. The van der Waals surface area contributed by atoms with Crippen molar-refractivity contribution in [3.05, 3.63) is 59.0 Å². The van der Waals surface area contributed by atoms with Gasteiger partial charge >= 0.3 is 0 Å². The normalized spacial score (nSPS) is 17.4. The second kappa shape index (κ2) is 9.72. The lowest BCUT2D eigenvalue weighted by molar-refractivity contribution is -0.117. The predicted molar refractivity (Wildman–Crippen MR) is 131 cm³/mol. The van der Waals surface area contributed by atoms with Gasteiger partial charge in [-0.05, 0) is 80.1 Å². The van der Waals surface area contributed by atoms with Crippen LogP contribution in [-0.4, -0.2) is 33.9 Å². The molecule has 6 bridgehead atoms. The highest BCUT2D eigenvalue weighted by atomic mass is 35.5. The van der Waals surface area contributed by atoms with Crippen molar-refractivity contribution in [3.63, 3.8) is 0 Å². The van der Waals surface area contributed by atoms with E-state index in [9.17, 15) is 4.79 Å². The molecule has 0 spiro atoms. The summed E-state index contributed by atoms with van der Waals surface area (Å²) in [5, 5.41) is 13.4. The molecular formula is C24H26ClN7O. The molecule has 1 aromatic carbocycles. The van der Waals surface area contributed by atoms with Crippen LogP contribution < -0.4 is 21.3 Å². The smallest absolute Gasteiger partial charge is 0.229 e. The number of nitrogens with zero attached hydrogens (tertiary/aromatic N) is 3. The molecule has 2 aromatic heterocycles. The number of carbonyl (C=O) groups excluding carboxylic acids is 1. The zero-order valence-electron chi connectivity index (χ0n) is 18.2. The van der Waals surface area contributed by atoms with E-state index in [0.29, 0.717) is 29.1 Å². The van der Waals surface area contributed by atoms with Gasteiger partial charge in [0.15, 0.2) is 5.82 Å². The van der Waals surface area contributed by atoms with E-state index in [2.05, 4.69) is 36.2 Å². The lowest BCUT2D eigenvalue weighted by Gasteiger charge is -2.22. The van der Waals surface area contributed by atoms with E-state index >= 15 is 0 Å². The molecule has 2 aliphatic heterocycles. The van der Waals surface area contributed by atoms with Crippen molar-refractivity contribution in [1.82, 2.24) is 20.3 Å². The first-order valence-electron chi connectivity index (χ1n) is 11.3. The summed E-state index contributed by atoms with van der Waals surface area (Å²) in [6.45, 7) is 1.95. The topological polar surface area (TPSA) is 104 Å². The van der Waals surface area contributed by atoms with Gasteiger partial charge in [-0.2, -0.15) is 4.98 Å². The van der Waals surface area contributed by atoms with Crippen LogP contribution in [-0.2, 0) is 17.6 Å². The number of halogens is 1. The summed E-state index contributed by atoms with van der Waals surface area (Å²) in [7, 11) is 0. The maximum absolute atomic E-state index is 12.8. The zero-order valence-corrected chi connectivity index (χ0v) is 19.0. The minimum absolute atomic E-state index is 0.0555. The molecule has 1 fully saturated rings. The maximum atomic E-state index is 12.8. The van der Waals surface area contributed by atoms with Gasteiger partial charge in [-0.15, -0.1) is 0 Å². The van der Waals surface area contributed by atoms with E-state index in [1.165, 1.54) is 0 Å². The summed E-state index contributed by atoms with van der Waals surface area (Å²) in [4.78, 5) is 25.9. The molecule has 5 rings (SSSR count). The van der Waals surface area contributed by atoms with E-state index < -0.39 is 0 Å². The summed E-state index contributed by atoms with van der Waals surface area (Å²) in [6, 6.07) is 7.94. The van der Waals surface area contributed by atoms with Crippen LogP contribution in [0.25, 0.3) is 0 Å². The molecule has 0 unspecified atom stereocenters. The summed E-state index contributed by atoms with van der Waals surface area (Å²) in [5.41, 5.74) is 4.60. The van der Waals surface area contributed by atoms with Crippen LogP contribution in [0, 0.1) is 5.92 Å². The molecule has 8 nitrogen and oxygen atoms in total. The number of aryl methyl sites for hydroxylation is 2. The van der Waals surface area contributed by atoms with Crippen LogP contribution in [0.3, 0.4) is 0 Å². The van der Waals surface area contributed by atoms with Crippen LogP contribution in [0.4, 0.5) is 28.8 Å². The third-order valence-electron chi connectivity index (χ3n) is 5.99. The van der Waals surface area contributed by atoms with Crippen molar-refractivity contribution in [2.75, 3.05) is 29.0 Å². The number of hydrogen-bond acceptors (Lipinski definition) is 7. The fourth-order valence-electron chi connectivity index (χ4n) is 4.31. The summed E-state index contributed by atoms with van der Waals surface area (Å²) >= 11 is 6.34. The Morgan fingerprint density at radius 2 is 2.06 bits per heavy atom. The van der Waals surface area contributed by atoms with Crippen molar-refractivity contribution >= 4 is 46.3 Å². The Balaban J connectivity index is 1.43. The number of benzene rings is 1. The number of amides is 1. The summed E-state index contributed by atoms with van der Waals surface area (Å²) < 4.78 is 0. The largest absolute Gasteiger partial charge is 0.339 e. The number of carbonyl (C=O) groups is 1. The van der Waals surface area contributed by atoms with E-state index in [1.54, 1.807) is 12.4 Å². The van der Waals surface area contributed by atoms with E-state index in [4.69, 9.17) is 11.6 Å². The van der Waals surface area contributed by atoms with Gasteiger partial charge < -0.3 is 21.3 Å². The Kier molecular flexibility index (Phi) is 6.37. The number of pyridine rings is 1. The number of anilines is 5. The molecule has 1 saturated heterocycles. The molecule has 33 heavy (non-hydrogen) atoms. The number of rotatable bonds is 3. The second-order valence-corrected chi connectivity index (χ2v) is 8.97. The predicted octanol–water partition coefficient (Wildman–Crippen LogP) is 4.44. The van der Waals surface area contributed by atoms with Crippen LogP contribution >= 0.6 is 11.6 Å². The molecule has 170 valence electrons. The lowest BCUT2D eigenvalue weighted by Crippen LogP contribution is -2.32. The van der Waals surface area contributed by atoms with Crippen molar-refractivity contribution in [1.29, 1.82) is 0 Å². The first kappa shape index (κ1) is 21.6. The van der Waals surface area contributed by atoms with Gasteiger partial charge in [0.1, 0.15) is 5.02 Å². The van der Waals surface area contributed by atoms with Crippen LogP contribution in [0.2, 0.25) is 5.02 Å². The van der Waals surface area contributed by atoms with E-state index in [0.717, 1.165) is 67.0 Å². The van der Waals surface area contributed by atoms with Crippen molar-refractivity contribution in [3.8, 4) is 0 Å². The van der Waals surface area contributed by atoms with Crippen LogP contribution in [0.1, 0.15) is 30.4 Å². The minimum atomic E-state index is 0.0555. The molecule has 4 N–H and O–H groups in total. The second-order valence-electron chi connectivity index (χ2n) is 8.56. The molecule has 0 radical (unpaired) electrons. The molecule has 1 amide bonds. The number of aromatic nitrogens is 3. The standard InChI is InChI=1S/C24H26ClN7O/c25-20-14-28-24-30-19-8-16(12-27-13-19)3-4-17-10-18(29-23(20)32-24)5-6-21(17)31-22(33)9-15-2-1-7-26-11-15/h5-6,8,10,12-15,26H,1-4,7,9,11H2,(H,31,33)(H2,28,29,30,32)/t15-/m1/s1. The molecule has 9 heteroatoms. The highest BCUT2D eigenvalue weighted by molar-refractivity contribution is 6.32. The van der Waals surface area contributed by atoms with Gasteiger partial charge in [-0.1, -0.05) is 11.6 Å². The average Bonchev–Trinajstić information content (AvgIpc) is 2.82. The third-order valence-corrected chi connectivity index (χ3v) is 6.27. The summed E-state index contributed by atoms with van der Waals surface area (Å²) in [5.74, 6) is 1.38. The number of nitrogens with one attached hydrogen (secondary N) is 4. The fraction of sp³-hybridized carbons (Fsp3) is 0.333. The Morgan fingerprint density at radius 1 is 1.12 bits per heavy atom. The fourth-order valence-corrected chi connectivity index (χ4v) is 4.45. The highest BCUT2D eigenvalue weighted by Gasteiger charge is 2.18. The highest BCUT2D eigenvalue weighted by Crippen LogP contribution is 2.29. The number of hydrogen-bond donors (Lipinski definition) is 4. The Hall–Kier alpha value is -3.23. The minimum Gasteiger partial charge on any atom is -0.339 e. The molecule has 1 atom stereocenters. The van der Waals surface area contributed by atoms with Crippen molar-refractivity contribution in [2.24, 2.45) is 5.92 Å². The number of fused-ring (bicyclic) bond motifs is 6. The third kappa shape index (κ3) is 5.40.